The van der Waals surface area contributed by atoms with Gasteiger partial charge in [-0.2, -0.15) is 5.10 Å². The highest BCUT2D eigenvalue weighted by molar-refractivity contribution is 9.10. The van der Waals surface area contributed by atoms with E-state index in [1.54, 1.807) is 54.6 Å². The van der Waals surface area contributed by atoms with Crippen molar-refractivity contribution in [3.05, 3.63) is 82.6 Å². The summed E-state index contributed by atoms with van der Waals surface area (Å²) in [6, 6.07) is 17.3. The molecule has 0 saturated carbocycles. The maximum absolute atomic E-state index is 13.9. The van der Waals surface area contributed by atoms with Crippen LogP contribution in [0.2, 0.25) is 0 Å². The molecular formula is C24H20BrFN4O5. The molecule has 180 valence electrons. The van der Waals surface area contributed by atoms with Gasteiger partial charge in [-0.25, -0.2) is 9.82 Å². The van der Waals surface area contributed by atoms with Gasteiger partial charge >= 0.3 is 11.8 Å². The molecule has 0 aromatic heterocycles. The Labute approximate surface area is 208 Å². The highest BCUT2D eigenvalue weighted by Crippen LogP contribution is 2.20. The number of para-hydroxylation sites is 1. The minimum Gasteiger partial charge on any atom is -0.497 e. The van der Waals surface area contributed by atoms with Crippen LogP contribution in [0.3, 0.4) is 0 Å². The zero-order valence-electron chi connectivity index (χ0n) is 18.4. The average molecular weight is 543 g/mol. The van der Waals surface area contributed by atoms with Crippen LogP contribution in [0.15, 0.2) is 76.3 Å². The van der Waals surface area contributed by atoms with Crippen LogP contribution in [0.1, 0.15) is 5.56 Å². The summed E-state index contributed by atoms with van der Waals surface area (Å²) in [5.74, 6) is -2.15. The second kappa shape index (κ2) is 12.3. The summed E-state index contributed by atoms with van der Waals surface area (Å²) in [5, 5.41) is 8.62. The largest absolute Gasteiger partial charge is 0.497 e. The Bertz CT molecular complexity index is 1250. The molecule has 3 amide bonds. The molecule has 3 aromatic carbocycles. The molecule has 3 aromatic rings. The lowest BCUT2D eigenvalue weighted by atomic mass is 10.2. The van der Waals surface area contributed by atoms with Crippen LogP contribution < -0.4 is 25.5 Å². The molecule has 0 atom stereocenters. The predicted molar refractivity (Wildman–Crippen MR) is 132 cm³/mol. The lowest BCUT2D eigenvalue weighted by molar-refractivity contribution is -0.136. The molecule has 0 spiro atoms. The van der Waals surface area contributed by atoms with E-state index in [0.29, 0.717) is 27.2 Å². The summed E-state index contributed by atoms with van der Waals surface area (Å²) in [4.78, 5) is 36.2. The summed E-state index contributed by atoms with van der Waals surface area (Å²) in [7, 11) is 1.52. The SMILES string of the molecule is COc1ccc(NC(=O)C(=O)N/N=C\c2ccccc2OCC(=O)Nc2ccc(Br)cc2F)cc1. The van der Waals surface area contributed by atoms with Crippen LogP contribution in [-0.2, 0) is 14.4 Å². The Morgan fingerprint density at radius 1 is 1.00 bits per heavy atom. The topological polar surface area (TPSA) is 118 Å². The molecule has 0 saturated heterocycles. The molecule has 0 aliphatic carbocycles. The Kier molecular flexibility index (Phi) is 8.90. The van der Waals surface area contributed by atoms with E-state index in [4.69, 9.17) is 9.47 Å². The average Bonchev–Trinajstić information content (AvgIpc) is 2.85. The second-order valence-corrected chi connectivity index (χ2v) is 7.80. The third kappa shape index (κ3) is 7.64. The van der Waals surface area contributed by atoms with Crippen LogP contribution in [0.4, 0.5) is 15.8 Å². The number of nitrogens with one attached hydrogen (secondary N) is 3. The van der Waals surface area contributed by atoms with Crippen molar-refractivity contribution in [1.29, 1.82) is 0 Å². The van der Waals surface area contributed by atoms with Crippen molar-refractivity contribution in [2.75, 3.05) is 24.4 Å². The maximum atomic E-state index is 13.9. The highest BCUT2D eigenvalue weighted by Gasteiger charge is 2.13. The molecular weight excluding hydrogens is 523 g/mol. The smallest absolute Gasteiger partial charge is 0.329 e. The fourth-order valence-electron chi connectivity index (χ4n) is 2.71. The van der Waals surface area contributed by atoms with Crippen LogP contribution >= 0.6 is 15.9 Å². The molecule has 0 unspecified atom stereocenters. The summed E-state index contributed by atoms with van der Waals surface area (Å²) in [6.07, 6.45) is 1.26. The first-order valence-electron chi connectivity index (χ1n) is 10.1. The second-order valence-electron chi connectivity index (χ2n) is 6.88. The van der Waals surface area contributed by atoms with E-state index in [1.165, 1.54) is 25.5 Å². The number of benzene rings is 3. The number of ether oxygens (including phenoxy) is 2. The molecule has 35 heavy (non-hydrogen) atoms. The first kappa shape index (κ1) is 25.4. The molecule has 11 heteroatoms. The van der Waals surface area contributed by atoms with Crippen molar-refractivity contribution in [3.63, 3.8) is 0 Å². The Balaban J connectivity index is 1.53. The van der Waals surface area contributed by atoms with Crippen LogP contribution in [0, 0.1) is 5.82 Å². The third-order valence-electron chi connectivity index (χ3n) is 4.41. The van der Waals surface area contributed by atoms with Gasteiger partial charge in [0.1, 0.15) is 17.3 Å². The fraction of sp³-hybridized carbons (Fsp3) is 0.0833. The van der Waals surface area contributed by atoms with Gasteiger partial charge < -0.3 is 20.1 Å². The molecule has 0 aliphatic heterocycles. The number of hydrogen-bond donors (Lipinski definition) is 3. The molecule has 0 radical (unpaired) electrons. The number of carbonyl (C=O) groups is 3. The monoisotopic (exact) mass is 542 g/mol. The molecule has 0 heterocycles. The van der Waals surface area contributed by atoms with Crippen LogP contribution in [0.5, 0.6) is 11.5 Å². The van der Waals surface area contributed by atoms with E-state index >= 15 is 0 Å². The van der Waals surface area contributed by atoms with E-state index in [1.807, 2.05) is 0 Å². The van der Waals surface area contributed by atoms with Gasteiger partial charge in [-0.15, -0.1) is 0 Å². The fourth-order valence-corrected chi connectivity index (χ4v) is 3.05. The standard InChI is InChI=1S/C24H20BrFN4O5/c1-34-18-9-7-17(8-10-18)28-23(32)24(33)30-27-13-15-4-2-3-5-21(15)35-14-22(31)29-20-11-6-16(25)12-19(20)26/h2-13H,14H2,1H3,(H,28,32)(H,29,31)(H,30,33)/b27-13-. The number of methoxy groups -OCH3 is 1. The number of hydrogen-bond acceptors (Lipinski definition) is 6. The molecule has 3 N–H and O–H groups in total. The number of nitrogens with zero attached hydrogens (tertiary/aromatic N) is 1. The zero-order chi connectivity index (χ0) is 25.2. The summed E-state index contributed by atoms with van der Waals surface area (Å²) >= 11 is 3.15. The van der Waals surface area contributed by atoms with Crippen LogP contribution in [0.25, 0.3) is 0 Å². The minimum absolute atomic E-state index is 0.0206. The number of carbonyl (C=O) groups excluding carboxylic acids is 3. The Morgan fingerprint density at radius 2 is 1.74 bits per heavy atom. The minimum atomic E-state index is -0.980. The Morgan fingerprint density at radius 3 is 2.46 bits per heavy atom. The first-order valence-corrected chi connectivity index (χ1v) is 10.9. The molecule has 3 rings (SSSR count). The molecule has 0 aliphatic rings. The van der Waals surface area contributed by atoms with Crippen LogP contribution in [-0.4, -0.2) is 37.7 Å². The number of halogens is 2. The van der Waals surface area contributed by atoms with Gasteiger partial charge in [0.15, 0.2) is 6.61 Å². The van der Waals surface area contributed by atoms with Crippen molar-refractivity contribution in [2.24, 2.45) is 5.10 Å². The number of amides is 3. The lowest BCUT2D eigenvalue weighted by Gasteiger charge is -2.10. The Hall–Kier alpha value is -4.25. The van der Waals surface area contributed by atoms with Crippen molar-refractivity contribution in [2.45, 2.75) is 0 Å². The van der Waals surface area contributed by atoms with Gasteiger partial charge in [-0.05, 0) is 54.6 Å². The van der Waals surface area contributed by atoms with Gasteiger partial charge in [0.05, 0.1) is 19.0 Å². The summed E-state index contributed by atoms with van der Waals surface area (Å²) in [5.41, 5.74) is 2.99. The maximum Gasteiger partial charge on any atom is 0.329 e. The number of anilines is 2. The molecule has 0 bridgehead atoms. The van der Waals surface area contributed by atoms with E-state index in [2.05, 4.69) is 37.1 Å². The highest BCUT2D eigenvalue weighted by atomic mass is 79.9. The third-order valence-corrected chi connectivity index (χ3v) is 4.90. The van der Waals surface area contributed by atoms with Crippen molar-refractivity contribution >= 4 is 51.2 Å². The van der Waals surface area contributed by atoms with Gasteiger partial charge in [-0.3, -0.25) is 14.4 Å². The van der Waals surface area contributed by atoms with Gasteiger partial charge in [-0.1, -0.05) is 28.1 Å². The quantitative estimate of drug-likeness (QED) is 0.228. The van der Waals surface area contributed by atoms with Gasteiger partial charge in [0.25, 0.3) is 5.91 Å². The van der Waals surface area contributed by atoms with Gasteiger partial charge in [0.2, 0.25) is 0 Å². The number of rotatable bonds is 8. The van der Waals surface area contributed by atoms with Gasteiger partial charge in [0, 0.05) is 15.7 Å². The van der Waals surface area contributed by atoms with E-state index in [-0.39, 0.29) is 5.69 Å². The predicted octanol–water partition coefficient (Wildman–Crippen LogP) is 3.70. The van der Waals surface area contributed by atoms with E-state index < -0.39 is 30.1 Å². The summed E-state index contributed by atoms with van der Waals surface area (Å²) in [6.45, 7) is -0.392. The number of hydrazone groups is 1. The van der Waals surface area contributed by atoms with Crippen molar-refractivity contribution < 1.29 is 28.2 Å². The van der Waals surface area contributed by atoms with Crippen molar-refractivity contribution in [1.82, 2.24) is 5.43 Å². The summed E-state index contributed by atoms with van der Waals surface area (Å²) < 4.78 is 25.0. The van der Waals surface area contributed by atoms with E-state index in [0.717, 1.165) is 0 Å². The van der Waals surface area contributed by atoms with Crippen molar-refractivity contribution in [3.8, 4) is 11.5 Å². The normalized spacial score (nSPS) is 10.5. The first-order chi connectivity index (χ1) is 16.9. The zero-order valence-corrected chi connectivity index (χ0v) is 20.0. The molecule has 9 nitrogen and oxygen atoms in total. The molecule has 0 fully saturated rings. The van der Waals surface area contributed by atoms with E-state index in [9.17, 15) is 18.8 Å². The lowest BCUT2D eigenvalue weighted by Crippen LogP contribution is -2.32.